The number of nitrogens with one attached hydrogen (secondary N) is 1. The third-order valence-electron chi connectivity index (χ3n) is 4.80. The molecule has 1 aromatic carbocycles. The zero-order valence-corrected chi connectivity index (χ0v) is 16.6. The number of amides is 2. The first-order valence-electron chi connectivity index (χ1n) is 9.45. The normalized spacial score (nSPS) is 17.3. The van der Waals surface area contributed by atoms with Gasteiger partial charge in [0.05, 0.1) is 17.0 Å². The van der Waals surface area contributed by atoms with Crippen molar-refractivity contribution >= 4 is 34.6 Å². The number of alkyl halides is 2. The molecular weight excluding hydrogens is 386 g/mol. The molecule has 9 heteroatoms. The van der Waals surface area contributed by atoms with Gasteiger partial charge in [-0.3, -0.25) is 9.59 Å². The first-order valence-corrected chi connectivity index (χ1v) is 10.3. The van der Waals surface area contributed by atoms with E-state index in [4.69, 9.17) is 0 Å². The molecule has 1 aliphatic heterocycles. The van der Waals surface area contributed by atoms with Crippen molar-refractivity contribution in [1.29, 1.82) is 0 Å². The lowest BCUT2D eigenvalue weighted by Crippen LogP contribution is -2.46. The Kier molecular flexibility index (Phi) is 6.88. The van der Waals surface area contributed by atoms with E-state index in [-0.39, 0.29) is 29.4 Å². The van der Waals surface area contributed by atoms with Crippen LogP contribution >= 0.6 is 11.8 Å². The predicted octanol–water partition coefficient (Wildman–Crippen LogP) is 3.12. The number of hydrogen-bond acceptors (Lipinski definition) is 4. The van der Waals surface area contributed by atoms with Crippen molar-refractivity contribution in [2.24, 2.45) is 5.92 Å². The van der Waals surface area contributed by atoms with Gasteiger partial charge in [0, 0.05) is 19.6 Å². The minimum absolute atomic E-state index is 0.0265. The van der Waals surface area contributed by atoms with Crippen LogP contribution in [0.4, 0.5) is 8.78 Å². The highest BCUT2D eigenvalue weighted by molar-refractivity contribution is 7.99. The molecule has 1 unspecified atom stereocenters. The van der Waals surface area contributed by atoms with E-state index in [0.29, 0.717) is 42.4 Å². The third kappa shape index (κ3) is 4.81. The molecule has 2 aromatic rings. The van der Waals surface area contributed by atoms with Gasteiger partial charge in [-0.2, -0.15) is 8.78 Å². The number of rotatable bonds is 7. The van der Waals surface area contributed by atoms with Crippen LogP contribution in [0.15, 0.2) is 29.4 Å². The molecule has 0 spiro atoms. The van der Waals surface area contributed by atoms with Gasteiger partial charge in [0.15, 0.2) is 5.16 Å². The first kappa shape index (κ1) is 20.6. The summed E-state index contributed by atoms with van der Waals surface area (Å²) in [5.74, 6) is -3.06. The fourth-order valence-electron chi connectivity index (χ4n) is 3.42. The minimum Gasteiger partial charge on any atom is -0.356 e. The van der Waals surface area contributed by atoms with Crippen LogP contribution in [0.5, 0.6) is 0 Å². The monoisotopic (exact) mass is 410 g/mol. The van der Waals surface area contributed by atoms with Gasteiger partial charge in [0.1, 0.15) is 6.54 Å². The molecule has 2 heterocycles. The average Bonchev–Trinajstić information content (AvgIpc) is 3.02. The summed E-state index contributed by atoms with van der Waals surface area (Å²) in [5.41, 5.74) is 1.22. The smallest absolute Gasteiger partial charge is 0.291 e. The minimum atomic E-state index is -2.62. The van der Waals surface area contributed by atoms with E-state index in [1.807, 2.05) is 6.92 Å². The lowest BCUT2D eigenvalue weighted by atomic mass is 9.97. The van der Waals surface area contributed by atoms with E-state index in [1.165, 1.54) is 4.57 Å². The molecule has 0 saturated carbocycles. The van der Waals surface area contributed by atoms with Crippen LogP contribution < -0.4 is 5.32 Å². The van der Waals surface area contributed by atoms with Gasteiger partial charge in [-0.25, -0.2) is 4.98 Å². The maximum absolute atomic E-state index is 12.9. The highest BCUT2D eigenvalue weighted by Gasteiger charge is 2.29. The molecule has 1 fully saturated rings. The Morgan fingerprint density at radius 3 is 2.89 bits per heavy atom. The zero-order chi connectivity index (χ0) is 20.1. The van der Waals surface area contributed by atoms with Gasteiger partial charge in [0.25, 0.3) is 5.76 Å². The van der Waals surface area contributed by atoms with Gasteiger partial charge in [-0.05, 0) is 43.2 Å². The van der Waals surface area contributed by atoms with E-state index in [0.717, 1.165) is 19.3 Å². The fraction of sp³-hybridized carbons (Fsp3) is 0.526. The number of para-hydroxylation sites is 2. The second-order valence-electron chi connectivity index (χ2n) is 6.82. The number of hydrogen-bond donors (Lipinski definition) is 1. The number of piperidine rings is 1. The van der Waals surface area contributed by atoms with Crippen LogP contribution in [0.1, 0.15) is 26.2 Å². The molecule has 6 nitrogen and oxygen atoms in total. The van der Waals surface area contributed by atoms with Crippen LogP contribution in [-0.4, -0.2) is 51.7 Å². The zero-order valence-electron chi connectivity index (χ0n) is 15.7. The molecule has 1 atom stereocenters. The van der Waals surface area contributed by atoms with Gasteiger partial charge in [-0.1, -0.05) is 19.1 Å². The molecule has 0 aliphatic carbocycles. The van der Waals surface area contributed by atoms with Crippen LogP contribution in [-0.2, 0) is 16.1 Å². The molecule has 152 valence electrons. The number of aromatic nitrogens is 2. The fourth-order valence-corrected chi connectivity index (χ4v) is 4.02. The van der Waals surface area contributed by atoms with Gasteiger partial charge in [-0.15, -0.1) is 0 Å². The van der Waals surface area contributed by atoms with Gasteiger partial charge in [0.2, 0.25) is 11.8 Å². The number of halogens is 2. The standard InChI is InChI=1S/C19H24F2N4O2S/c1-2-9-22-17(27)13-6-5-10-24(11-13)16(26)12-25-15-8-4-3-7-14(15)23-19(25)28-18(20)21/h3-4,7-8,13,18H,2,5-6,9-12H2,1H3,(H,22,27). The Morgan fingerprint density at radius 1 is 1.36 bits per heavy atom. The maximum atomic E-state index is 12.9. The maximum Gasteiger partial charge on any atom is 0.291 e. The van der Waals surface area contributed by atoms with Crippen molar-refractivity contribution in [3.8, 4) is 0 Å². The van der Waals surface area contributed by atoms with Crippen molar-refractivity contribution in [3.05, 3.63) is 24.3 Å². The molecule has 1 aromatic heterocycles. The summed E-state index contributed by atoms with van der Waals surface area (Å²) in [6.45, 7) is 3.47. The predicted molar refractivity (Wildman–Crippen MR) is 104 cm³/mol. The van der Waals surface area contributed by atoms with Crippen molar-refractivity contribution < 1.29 is 18.4 Å². The van der Waals surface area contributed by atoms with E-state index < -0.39 is 5.76 Å². The third-order valence-corrected chi connectivity index (χ3v) is 5.50. The number of likely N-dealkylation sites (tertiary alicyclic amines) is 1. The lowest BCUT2D eigenvalue weighted by Gasteiger charge is -2.32. The number of carbonyl (C=O) groups excluding carboxylic acids is 2. The van der Waals surface area contributed by atoms with Gasteiger partial charge < -0.3 is 14.8 Å². The summed E-state index contributed by atoms with van der Waals surface area (Å²) < 4.78 is 27.4. The number of benzene rings is 1. The Morgan fingerprint density at radius 2 is 2.14 bits per heavy atom. The molecule has 2 amide bonds. The number of imidazole rings is 1. The summed E-state index contributed by atoms with van der Waals surface area (Å²) in [7, 11) is 0. The number of nitrogens with zero attached hydrogens (tertiary/aromatic N) is 3. The quantitative estimate of drug-likeness (QED) is 0.713. The van der Waals surface area contributed by atoms with E-state index >= 15 is 0 Å². The summed E-state index contributed by atoms with van der Waals surface area (Å²) >= 11 is 0.338. The SMILES string of the molecule is CCCNC(=O)C1CCCN(C(=O)Cn2c(SC(F)F)nc3ccccc32)C1. The number of thioether (sulfide) groups is 1. The van der Waals surface area contributed by atoms with Crippen molar-refractivity contribution in [1.82, 2.24) is 19.8 Å². The molecule has 0 bridgehead atoms. The van der Waals surface area contributed by atoms with E-state index in [1.54, 1.807) is 29.2 Å². The van der Waals surface area contributed by atoms with Gasteiger partial charge >= 0.3 is 0 Å². The Balaban J connectivity index is 1.74. The van der Waals surface area contributed by atoms with Crippen LogP contribution in [0, 0.1) is 5.92 Å². The number of fused-ring (bicyclic) bond motifs is 1. The van der Waals surface area contributed by atoms with Crippen LogP contribution in [0.25, 0.3) is 11.0 Å². The summed E-state index contributed by atoms with van der Waals surface area (Å²) in [4.78, 5) is 31.0. The second kappa shape index (κ2) is 9.36. The largest absolute Gasteiger partial charge is 0.356 e. The number of carbonyl (C=O) groups is 2. The van der Waals surface area contributed by atoms with E-state index in [2.05, 4.69) is 10.3 Å². The summed E-state index contributed by atoms with van der Waals surface area (Å²) in [6, 6.07) is 7.07. The summed E-state index contributed by atoms with van der Waals surface area (Å²) in [5, 5.41) is 3.01. The Labute approximate surface area is 166 Å². The lowest BCUT2D eigenvalue weighted by molar-refractivity contribution is -0.136. The molecule has 1 aliphatic rings. The highest BCUT2D eigenvalue weighted by atomic mass is 32.2. The van der Waals surface area contributed by atoms with Crippen molar-refractivity contribution in [2.75, 3.05) is 19.6 Å². The molecule has 1 N–H and O–H groups in total. The van der Waals surface area contributed by atoms with Crippen LogP contribution in [0.3, 0.4) is 0 Å². The Hall–Kier alpha value is -2.16. The molecule has 1 saturated heterocycles. The van der Waals surface area contributed by atoms with E-state index in [9.17, 15) is 18.4 Å². The molecule has 28 heavy (non-hydrogen) atoms. The topological polar surface area (TPSA) is 67.2 Å². The summed E-state index contributed by atoms with van der Waals surface area (Å²) in [6.07, 6.45) is 2.36. The molecular formula is C19H24F2N4O2S. The van der Waals surface area contributed by atoms with Crippen molar-refractivity contribution in [2.45, 2.75) is 43.6 Å². The molecule has 3 rings (SSSR count). The Bertz CT molecular complexity index is 842. The first-order chi connectivity index (χ1) is 13.5. The molecule has 0 radical (unpaired) electrons. The highest BCUT2D eigenvalue weighted by Crippen LogP contribution is 2.29. The van der Waals surface area contributed by atoms with Crippen LogP contribution in [0.2, 0.25) is 0 Å². The van der Waals surface area contributed by atoms with Crippen molar-refractivity contribution in [3.63, 3.8) is 0 Å². The average molecular weight is 410 g/mol. The second-order valence-corrected chi connectivity index (χ2v) is 7.77.